The quantitative estimate of drug-likeness (QED) is 0.732. The molecule has 132 valence electrons. The maximum absolute atomic E-state index is 11.9. The van der Waals surface area contributed by atoms with Gasteiger partial charge in [-0.15, -0.1) is 0 Å². The fourth-order valence-electron chi connectivity index (χ4n) is 3.22. The number of hydrogen-bond acceptors (Lipinski definition) is 5. The van der Waals surface area contributed by atoms with E-state index in [0.717, 1.165) is 30.7 Å². The molecule has 1 fully saturated rings. The van der Waals surface area contributed by atoms with Crippen LogP contribution in [-0.2, 0) is 11.3 Å². The molecule has 6 nitrogen and oxygen atoms in total. The molecule has 0 aromatic heterocycles. The lowest BCUT2D eigenvalue weighted by molar-refractivity contribution is -0.130. The maximum Gasteiger partial charge on any atom is 0.231 e. The Morgan fingerprint density at radius 3 is 2.92 bits per heavy atom. The maximum atomic E-state index is 11.9. The Bertz CT molecular complexity index is 608. The summed E-state index contributed by atoms with van der Waals surface area (Å²) in [6.45, 7) is 3.77. The van der Waals surface area contributed by atoms with Crippen LogP contribution in [-0.4, -0.2) is 47.9 Å². The van der Waals surface area contributed by atoms with Crippen LogP contribution in [0.3, 0.4) is 0 Å². The lowest BCUT2D eigenvalue weighted by Gasteiger charge is -2.26. The number of aliphatic hydroxyl groups is 1. The summed E-state index contributed by atoms with van der Waals surface area (Å²) in [4.78, 5) is 13.7. The van der Waals surface area contributed by atoms with E-state index in [1.54, 1.807) is 17.9 Å². The summed E-state index contributed by atoms with van der Waals surface area (Å²) < 4.78 is 10.7. The fraction of sp³-hybridized carbons (Fsp3) is 0.588. The number of halogens is 1. The second kappa shape index (κ2) is 7.59. The van der Waals surface area contributed by atoms with Crippen molar-refractivity contribution < 1.29 is 19.4 Å². The molecule has 1 saturated heterocycles. The van der Waals surface area contributed by atoms with Crippen molar-refractivity contribution >= 4 is 17.5 Å². The molecular formula is C17H23ClN2O4. The molecule has 3 rings (SSSR count). The van der Waals surface area contributed by atoms with Crippen molar-refractivity contribution in [1.29, 1.82) is 0 Å². The number of benzene rings is 1. The number of nitrogens with one attached hydrogen (secondary N) is 1. The van der Waals surface area contributed by atoms with Gasteiger partial charge in [-0.25, -0.2) is 0 Å². The van der Waals surface area contributed by atoms with Crippen molar-refractivity contribution in [3.63, 3.8) is 0 Å². The van der Waals surface area contributed by atoms with Gasteiger partial charge in [-0.2, -0.15) is 0 Å². The molecule has 0 saturated carbocycles. The molecule has 7 heteroatoms. The number of rotatable bonds is 7. The highest BCUT2D eigenvalue weighted by Crippen LogP contribution is 2.36. The molecule has 1 aromatic carbocycles. The van der Waals surface area contributed by atoms with Crippen LogP contribution in [0.15, 0.2) is 12.1 Å². The molecule has 2 N–H and O–H groups in total. The van der Waals surface area contributed by atoms with E-state index in [-0.39, 0.29) is 18.7 Å². The Morgan fingerprint density at radius 2 is 2.17 bits per heavy atom. The fourth-order valence-corrected chi connectivity index (χ4v) is 3.44. The van der Waals surface area contributed by atoms with Gasteiger partial charge in [0.25, 0.3) is 0 Å². The molecule has 0 spiro atoms. The first-order valence-corrected chi connectivity index (χ1v) is 8.68. The van der Waals surface area contributed by atoms with E-state index in [2.05, 4.69) is 5.32 Å². The summed E-state index contributed by atoms with van der Waals surface area (Å²) in [7, 11) is 0. The number of aliphatic hydroxyl groups excluding tert-OH is 1. The average molecular weight is 355 g/mol. The highest BCUT2D eigenvalue weighted by Gasteiger charge is 2.30. The zero-order valence-electron chi connectivity index (χ0n) is 13.8. The summed E-state index contributed by atoms with van der Waals surface area (Å²) in [6.07, 6.45) is 1.80. The highest BCUT2D eigenvalue weighted by atomic mass is 35.5. The van der Waals surface area contributed by atoms with E-state index in [4.69, 9.17) is 21.1 Å². The number of carbonyl (C=O) groups is 1. The van der Waals surface area contributed by atoms with Crippen molar-refractivity contribution in [2.24, 2.45) is 0 Å². The first kappa shape index (κ1) is 17.3. The van der Waals surface area contributed by atoms with E-state index in [0.29, 0.717) is 30.3 Å². The summed E-state index contributed by atoms with van der Waals surface area (Å²) in [5, 5.41) is 13.5. The lowest BCUT2D eigenvalue weighted by Crippen LogP contribution is -2.39. The molecule has 2 unspecified atom stereocenters. The minimum atomic E-state index is -0.491. The van der Waals surface area contributed by atoms with Crippen LogP contribution in [0.5, 0.6) is 11.5 Å². The van der Waals surface area contributed by atoms with Crippen molar-refractivity contribution in [1.82, 2.24) is 10.2 Å². The van der Waals surface area contributed by atoms with Crippen molar-refractivity contribution in [3.05, 3.63) is 22.7 Å². The molecular weight excluding hydrogens is 332 g/mol. The van der Waals surface area contributed by atoms with Crippen LogP contribution < -0.4 is 14.8 Å². The normalized spacial score (nSPS) is 20.7. The first-order valence-electron chi connectivity index (χ1n) is 8.31. The zero-order chi connectivity index (χ0) is 17.1. The van der Waals surface area contributed by atoms with Gasteiger partial charge >= 0.3 is 0 Å². The monoisotopic (exact) mass is 354 g/mol. The molecule has 2 aliphatic rings. The van der Waals surface area contributed by atoms with Crippen LogP contribution in [0.4, 0.5) is 0 Å². The molecule has 2 atom stereocenters. The number of amides is 1. The second-order valence-corrected chi connectivity index (χ2v) is 6.76. The molecule has 1 aromatic rings. The Kier molecular flexibility index (Phi) is 5.48. The van der Waals surface area contributed by atoms with Crippen molar-refractivity contribution in [3.8, 4) is 11.5 Å². The molecule has 0 radical (unpaired) electrons. The number of likely N-dealkylation sites (tertiary alicyclic amines) is 1. The predicted molar refractivity (Wildman–Crippen MR) is 90.3 cm³/mol. The molecule has 2 heterocycles. The van der Waals surface area contributed by atoms with Crippen LogP contribution in [0.1, 0.15) is 31.7 Å². The van der Waals surface area contributed by atoms with E-state index in [1.165, 1.54) is 0 Å². The van der Waals surface area contributed by atoms with E-state index < -0.39 is 6.10 Å². The van der Waals surface area contributed by atoms with Gasteiger partial charge in [0.2, 0.25) is 12.7 Å². The Hall–Kier alpha value is -1.50. The minimum Gasteiger partial charge on any atom is -0.454 e. The van der Waals surface area contributed by atoms with Crippen LogP contribution in [0.25, 0.3) is 0 Å². The standard InChI is InChI=1S/C17H23ClN2O4/c1-11(21)9-20-13(2-3-17(20)22)4-5-19-8-12-6-15-16(7-14(12)18)24-10-23-15/h6-7,11,13,19,21H,2-5,8-10H2,1H3. The van der Waals surface area contributed by atoms with Crippen LogP contribution >= 0.6 is 11.6 Å². The zero-order valence-corrected chi connectivity index (χ0v) is 14.5. The third kappa shape index (κ3) is 3.94. The first-order chi connectivity index (χ1) is 11.5. The lowest BCUT2D eigenvalue weighted by atomic mass is 10.1. The van der Waals surface area contributed by atoms with E-state index in [9.17, 15) is 9.90 Å². The minimum absolute atomic E-state index is 0.139. The SMILES string of the molecule is CC(O)CN1C(=O)CCC1CCNCc1cc2c(cc1Cl)OCO2. The average Bonchev–Trinajstić information content (AvgIpc) is 3.11. The Labute approximate surface area is 146 Å². The topological polar surface area (TPSA) is 71.0 Å². The van der Waals surface area contributed by atoms with Crippen LogP contribution in [0.2, 0.25) is 5.02 Å². The molecule has 2 aliphatic heterocycles. The summed E-state index contributed by atoms with van der Waals surface area (Å²) in [6, 6.07) is 3.88. The van der Waals surface area contributed by atoms with E-state index >= 15 is 0 Å². The van der Waals surface area contributed by atoms with Gasteiger partial charge in [0.05, 0.1) is 6.10 Å². The van der Waals surface area contributed by atoms with Gasteiger partial charge in [-0.3, -0.25) is 4.79 Å². The van der Waals surface area contributed by atoms with Gasteiger partial charge in [0, 0.05) is 36.6 Å². The molecule has 24 heavy (non-hydrogen) atoms. The molecule has 0 bridgehead atoms. The van der Waals surface area contributed by atoms with Gasteiger partial charge < -0.3 is 24.8 Å². The summed E-state index contributed by atoms with van der Waals surface area (Å²) >= 11 is 6.26. The second-order valence-electron chi connectivity index (χ2n) is 6.35. The number of fused-ring (bicyclic) bond motifs is 1. The van der Waals surface area contributed by atoms with Gasteiger partial charge in [-0.05, 0) is 37.9 Å². The number of ether oxygens (including phenoxy) is 2. The third-order valence-corrected chi connectivity index (χ3v) is 4.78. The number of hydrogen-bond donors (Lipinski definition) is 2. The van der Waals surface area contributed by atoms with Crippen LogP contribution in [0, 0.1) is 0 Å². The highest BCUT2D eigenvalue weighted by molar-refractivity contribution is 6.31. The predicted octanol–water partition coefficient (Wildman–Crippen LogP) is 1.92. The summed E-state index contributed by atoms with van der Waals surface area (Å²) in [5.74, 6) is 1.54. The summed E-state index contributed by atoms with van der Waals surface area (Å²) in [5.41, 5.74) is 0.962. The number of carbonyl (C=O) groups excluding carboxylic acids is 1. The van der Waals surface area contributed by atoms with Gasteiger partial charge in [-0.1, -0.05) is 11.6 Å². The number of nitrogens with zero attached hydrogens (tertiary/aromatic N) is 1. The van der Waals surface area contributed by atoms with E-state index in [1.807, 2.05) is 6.07 Å². The smallest absolute Gasteiger partial charge is 0.231 e. The molecule has 1 amide bonds. The Morgan fingerprint density at radius 1 is 1.42 bits per heavy atom. The third-order valence-electron chi connectivity index (χ3n) is 4.42. The van der Waals surface area contributed by atoms with Gasteiger partial charge in [0.15, 0.2) is 11.5 Å². The van der Waals surface area contributed by atoms with Crippen molar-refractivity contribution in [2.45, 2.75) is 44.9 Å². The number of β-amino-alcohol motifs (C(OH)–C–C–N with tert-alkyl or cyclic N) is 1. The van der Waals surface area contributed by atoms with Gasteiger partial charge in [0.1, 0.15) is 0 Å². The Balaban J connectivity index is 1.48. The largest absolute Gasteiger partial charge is 0.454 e. The van der Waals surface area contributed by atoms with Crippen molar-refractivity contribution in [2.75, 3.05) is 19.9 Å². The molecule has 0 aliphatic carbocycles.